The lowest BCUT2D eigenvalue weighted by Crippen LogP contribution is -2.37. The molecule has 3 aromatic rings. The Morgan fingerprint density at radius 1 is 0.854 bits per heavy atom. The number of carbonyl (C=O) groups is 3. The van der Waals surface area contributed by atoms with Crippen LogP contribution in [0.1, 0.15) is 46.9 Å². The number of phenolic OH excluding ortho intramolecular Hbond substituents is 1. The summed E-state index contributed by atoms with van der Waals surface area (Å²) in [5.74, 6) is -5.61. The number of nitrogens with zero attached hydrogens (tertiary/aromatic N) is 1. The van der Waals surface area contributed by atoms with Gasteiger partial charge in [-0.1, -0.05) is 24.6 Å². The van der Waals surface area contributed by atoms with Gasteiger partial charge in [0.2, 0.25) is 5.56 Å². The standard InChI is InChI=1S/C26H32N4O4.2C2HF3O2/c31-22-10-8-20(21-9-11-24(33)29-25(21)22)23(32)17-27-16-18-4-6-19(7-5-18)26(34)28-12-15-30-13-2-1-3-14-30;2*3-2(4,5)1(6)7/h4-11,23,27,31-32H,1-3,12-17H2,(H,28,34)(H,29,33);2*(H,6,7)/t23-;;/m0../s1. The third kappa shape index (κ3) is 13.2. The average molecular weight is 693 g/mol. The van der Waals surface area contributed by atoms with Crippen molar-refractivity contribution >= 4 is 28.7 Å². The molecule has 264 valence electrons. The maximum atomic E-state index is 12.4. The smallest absolute Gasteiger partial charge is 0.490 e. The number of aliphatic carboxylic acids is 2. The SMILES string of the molecule is O=C(NCCN1CCCCC1)c1ccc(CNC[C@H](O)c2ccc(O)c3[nH]c(=O)ccc23)cc1.O=C(O)C(F)(F)F.O=C(O)C(F)(F)F. The van der Waals surface area contributed by atoms with Gasteiger partial charge >= 0.3 is 24.3 Å². The van der Waals surface area contributed by atoms with E-state index in [0.717, 1.165) is 25.2 Å². The lowest BCUT2D eigenvalue weighted by Gasteiger charge is -2.26. The van der Waals surface area contributed by atoms with E-state index in [1.807, 2.05) is 24.3 Å². The van der Waals surface area contributed by atoms with Crippen molar-refractivity contribution in [2.24, 2.45) is 0 Å². The summed E-state index contributed by atoms with van der Waals surface area (Å²) in [5.41, 5.74) is 2.25. The van der Waals surface area contributed by atoms with E-state index in [0.29, 0.717) is 35.1 Å². The van der Waals surface area contributed by atoms with E-state index in [2.05, 4.69) is 20.5 Å². The maximum absolute atomic E-state index is 12.4. The molecule has 1 amide bonds. The Bertz CT molecular complexity index is 1550. The van der Waals surface area contributed by atoms with Crippen LogP contribution in [0, 0.1) is 0 Å². The molecule has 1 fully saturated rings. The average Bonchev–Trinajstić information content (AvgIpc) is 3.02. The first-order chi connectivity index (χ1) is 22.4. The zero-order valence-electron chi connectivity index (χ0n) is 25.2. The second kappa shape index (κ2) is 18.0. The number of halogens is 6. The number of aliphatic hydroxyl groups is 1. The van der Waals surface area contributed by atoms with Crippen molar-refractivity contribution in [1.29, 1.82) is 0 Å². The number of aliphatic hydroxyl groups excluding tert-OH is 1. The number of nitrogens with one attached hydrogen (secondary N) is 3. The Morgan fingerprint density at radius 2 is 1.42 bits per heavy atom. The van der Waals surface area contributed by atoms with Gasteiger partial charge < -0.3 is 40.9 Å². The molecule has 48 heavy (non-hydrogen) atoms. The van der Waals surface area contributed by atoms with Gasteiger partial charge in [0.1, 0.15) is 5.75 Å². The predicted octanol–water partition coefficient (Wildman–Crippen LogP) is 3.54. The number of hydrogen-bond donors (Lipinski definition) is 7. The van der Waals surface area contributed by atoms with E-state index in [1.54, 1.807) is 12.1 Å². The molecule has 0 bridgehead atoms. The number of H-pyrrole nitrogens is 1. The molecule has 1 saturated heterocycles. The van der Waals surface area contributed by atoms with Gasteiger partial charge in [-0.3, -0.25) is 9.59 Å². The number of piperidine rings is 1. The number of hydrogen-bond acceptors (Lipinski definition) is 8. The number of amides is 1. The van der Waals surface area contributed by atoms with Crippen LogP contribution in [0.25, 0.3) is 10.9 Å². The fourth-order valence-corrected chi connectivity index (χ4v) is 4.40. The normalized spacial score (nSPS) is 14.1. The molecule has 1 aliphatic heterocycles. The molecule has 0 saturated carbocycles. The summed E-state index contributed by atoms with van der Waals surface area (Å²) in [4.78, 5) is 46.7. The molecule has 2 heterocycles. The quantitative estimate of drug-likeness (QED) is 0.163. The van der Waals surface area contributed by atoms with Crippen molar-refractivity contribution in [3.63, 3.8) is 0 Å². The molecule has 12 nitrogen and oxygen atoms in total. The molecule has 1 atom stereocenters. The second-order valence-corrected chi connectivity index (χ2v) is 10.4. The van der Waals surface area contributed by atoms with Crippen molar-refractivity contribution in [2.75, 3.05) is 32.7 Å². The Hall–Kier alpha value is -4.68. The van der Waals surface area contributed by atoms with Crippen LogP contribution in [-0.4, -0.2) is 93.2 Å². The lowest BCUT2D eigenvalue weighted by atomic mass is 10.0. The van der Waals surface area contributed by atoms with Gasteiger partial charge in [-0.2, -0.15) is 26.3 Å². The number of aromatic amines is 1. The van der Waals surface area contributed by atoms with E-state index in [-0.39, 0.29) is 23.8 Å². The number of aromatic nitrogens is 1. The number of fused-ring (bicyclic) bond motifs is 1. The highest BCUT2D eigenvalue weighted by atomic mass is 19.4. The molecule has 4 rings (SSSR count). The largest absolute Gasteiger partial charge is 0.506 e. The molecule has 1 aliphatic rings. The topological polar surface area (TPSA) is 192 Å². The molecule has 0 radical (unpaired) electrons. The summed E-state index contributed by atoms with van der Waals surface area (Å²) in [6.07, 6.45) is -7.20. The fourth-order valence-electron chi connectivity index (χ4n) is 4.40. The number of carbonyl (C=O) groups excluding carboxylic acids is 1. The fraction of sp³-hybridized carbons (Fsp3) is 0.400. The van der Waals surface area contributed by atoms with Crippen molar-refractivity contribution in [1.82, 2.24) is 20.5 Å². The van der Waals surface area contributed by atoms with E-state index < -0.39 is 30.4 Å². The molecule has 1 aromatic heterocycles. The number of benzene rings is 2. The number of aromatic hydroxyl groups is 1. The van der Waals surface area contributed by atoms with Crippen LogP contribution in [0.15, 0.2) is 53.3 Å². The Balaban J connectivity index is 0.000000479. The van der Waals surface area contributed by atoms with Crippen LogP contribution in [0.2, 0.25) is 0 Å². The van der Waals surface area contributed by atoms with Crippen LogP contribution < -0.4 is 16.2 Å². The first kappa shape index (κ1) is 39.5. The first-order valence-electron chi connectivity index (χ1n) is 14.3. The second-order valence-electron chi connectivity index (χ2n) is 10.4. The van der Waals surface area contributed by atoms with E-state index in [1.165, 1.54) is 31.4 Å². The Labute approximate surface area is 269 Å². The third-order valence-corrected chi connectivity index (χ3v) is 6.80. The van der Waals surface area contributed by atoms with Crippen LogP contribution in [0.4, 0.5) is 26.3 Å². The molecule has 0 aliphatic carbocycles. The summed E-state index contributed by atoms with van der Waals surface area (Å²) in [6.45, 7) is 4.60. The molecule has 0 spiro atoms. The first-order valence-corrected chi connectivity index (χ1v) is 14.3. The Kier molecular flexibility index (Phi) is 14.8. The van der Waals surface area contributed by atoms with Gasteiger partial charge in [-0.05, 0) is 61.3 Å². The number of likely N-dealkylation sites (tertiary alicyclic amines) is 1. The summed E-state index contributed by atoms with van der Waals surface area (Å²) in [6, 6.07) is 13.5. The number of rotatable bonds is 9. The maximum Gasteiger partial charge on any atom is 0.490 e. The summed E-state index contributed by atoms with van der Waals surface area (Å²) >= 11 is 0. The van der Waals surface area contributed by atoms with Crippen molar-refractivity contribution in [3.05, 3.63) is 75.6 Å². The third-order valence-electron chi connectivity index (χ3n) is 6.80. The molecule has 18 heteroatoms. The number of carboxylic acid groups (broad SMARTS) is 2. The zero-order chi connectivity index (χ0) is 36.1. The zero-order valence-corrected chi connectivity index (χ0v) is 25.2. The van der Waals surface area contributed by atoms with Crippen LogP contribution >= 0.6 is 0 Å². The van der Waals surface area contributed by atoms with Crippen LogP contribution in [0.5, 0.6) is 5.75 Å². The minimum atomic E-state index is -5.08. The Morgan fingerprint density at radius 3 is 1.96 bits per heavy atom. The van der Waals surface area contributed by atoms with Crippen LogP contribution in [-0.2, 0) is 16.1 Å². The monoisotopic (exact) mass is 692 g/mol. The number of phenols is 1. The molecular weight excluding hydrogens is 658 g/mol. The molecule has 7 N–H and O–H groups in total. The highest BCUT2D eigenvalue weighted by Gasteiger charge is 2.38. The number of carboxylic acids is 2. The van der Waals surface area contributed by atoms with E-state index in [4.69, 9.17) is 19.8 Å². The molecule has 0 unspecified atom stereocenters. The minimum absolute atomic E-state index is 0.0350. The van der Waals surface area contributed by atoms with Crippen LogP contribution in [0.3, 0.4) is 0 Å². The van der Waals surface area contributed by atoms with Gasteiger partial charge in [-0.15, -0.1) is 0 Å². The number of alkyl halides is 6. The molecule has 2 aromatic carbocycles. The van der Waals surface area contributed by atoms with Gasteiger partial charge in [0, 0.05) is 43.2 Å². The number of pyridine rings is 1. The van der Waals surface area contributed by atoms with Gasteiger partial charge in [0.15, 0.2) is 0 Å². The minimum Gasteiger partial charge on any atom is -0.506 e. The van der Waals surface area contributed by atoms with Gasteiger partial charge in [0.25, 0.3) is 5.91 Å². The van der Waals surface area contributed by atoms with Gasteiger partial charge in [-0.25, -0.2) is 9.59 Å². The summed E-state index contributed by atoms with van der Waals surface area (Å²) in [5, 5.41) is 41.7. The molecular formula is C30H34F6N4O8. The van der Waals surface area contributed by atoms with E-state index >= 15 is 0 Å². The van der Waals surface area contributed by atoms with Crippen molar-refractivity contribution < 1.29 is 61.2 Å². The van der Waals surface area contributed by atoms with Crippen molar-refractivity contribution in [3.8, 4) is 5.75 Å². The summed E-state index contributed by atoms with van der Waals surface area (Å²) in [7, 11) is 0. The predicted molar refractivity (Wildman–Crippen MR) is 159 cm³/mol. The lowest BCUT2D eigenvalue weighted by molar-refractivity contribution is -0.193. The highest BCUT2D eigenvalue weighted by Crippen LogP contribution is 2.28. The summed E-state index contributed by atoms with van der Waals surface area (Å²) < 4.78 is 63.5. The van der Waals surface area contributed by atoms with Gasteiger partial charge in [0.05, 0.1) is 11.6 Å². The highest BCUT2D eigenvalue weighted by molar-refractivity contribution is 5.94. The van der Waals surface area contributed by atoms with Crippen molar-refractivity contribution in [2.45, 2.75) is 44.3 Å². The van der Waals surface area contributed by atoms with E-state index in [9.17, 15) is 46.1 Å².